The Hall–Kier alpha value is -1.83. The summed E-state index contributed by atoms with van der Waals surface area (Å²) in [5, 5.41) is 18.2. The molecule has 1 heterocycles. The van der Waals surface area contributed by atoms with Crippen molar-refractivity contribution in [1.29, 1.82) is 0 Å². The number of hydrogen-bond acceptors (Lipinski definition) is 3. The molecule has 1 unspecified atom stereocenters. The van der Waals surface area contributed by atoms with Gasteiger partial charge in [-0.2, -0.15) is 0 Å². The van der Waals surface area contributed by atoms with Crippen molar-refractivity contribution in [2.45, 2.75) is 25.9 Å². The molecule has 0 aliphatic carbocycles. The summed E-state index contributed by atoms with van der Waals surface area (Å²) in [6.45, 7) is 2.98. The molecule has 1 atom stereocenters. The lowest BCUT2D eigenvalue weighted by Crippen LogP contribution is -2.29. The highest BCUT2D eigenvalue weighted by atomic mass is 16.3. The fraction of sp³-hybridized carbons (Fsp3) is 0.438. The van der Waals surface area contributed by atoms with Gasteiger partial charge in [0.15, 0.2) is 0 Å². The Kier molecular flexibility index (Phi) is 4.78. The molecule has 1 fully saturated rings. The molecule has 4 nitrogen and oxygen atoms in total. The van der Waals surface area contributed by atoms with Crippen LogP contribution in [0.4, 0.5) is 0 Å². The first-order valence-corrected chi connectivity index (χ1v) is 6.79. The van der Waals surface area contributed by atoms with Gasteiger partial charge in [0.05, 0.1) is 12.7 Å². The topological polar surface area (TPSA) is 60.8 Å². The lowest BCUT2D eigenvalue weighted by atomic mass is 10.0. The van der Waals surface area contributed by atoms with Crippen LogP contribution in [0, 0.1) is 18.8 Å². The van der Waals surface area contributed by atoms with Gasteiger partial charge in [-0.1, -0.05) is 17.9 Å². The highest BCUT2D eigenvalue weighted by Crippen LogP contribution is 2.16. The van der Waals surface area contributed by atoms with E-state index >= 15 is 0 Å². The summed E-state index contributed by atoms with van der Waals surface area (Å²) in [4.78, 5) is 14.0. The SMILES string of the molecule is Cc1ccc(C(=O)N2CCC(O)C2)cc1C#CCCO. The molecule has 0 aromatic heterocycles. The summed E-state index contributed by atoms with van der Waals surface area (Å²) in [6.07, 6.45) is 0.657. The minimum atomic E-state index is -0.409. The molecule has 0 spiro atoms. The van der Waals surface area contributed by atoms with Crippen molar-refractivity contribution < 1.29 is 15.0 Å². The van der Waals surface area contributed by atoms with Gasteiger partial charge in [0.25, 0.3) is 5.91 Å². The Balaban J connectivity index is 2.19. The monoisotopic (exact) mass is 273 g/mol. The quantitative estimate of drug-likeness (QED) is 0.788. The highest BCUT2D eigenvalue weighted by molar-refractivity contribution is 5.95. The number of β-amino-alcohol motifs (C(OH)–C–C–N with tert-alkyl or cyclic N) is 1. The van der Waals surface area contributed by atoms with Gasteiger partial charge in [-0.05, 0) is 31.0 Å². The number of nitrogens with zero attached hydrogens (tertiary/aromatic N) is 1. The molecule has 1 amide bonds. The molecular formula is C16H19NO3. The van der Waals surface area contributed by atoms with Crippen LogP contribution in [0.2, 0.25) is 0 Å². The van der Waals surface area contributed by atoms with Gasteiger partial charge in [-0.15, -0.1) is 0 Å². The van der Waals surface area contributed by atoms with Crippen LogP contribution in [0.3, 0.4) is 0 Å². The summed E-state index contributed by atoms with van der Waals surface area (Å²) in [7, 11) is 0. The molecule has 0 radical (unpaired) electrons. The van der Waals surface area contributed by atoms with E-state index in [0.717, 1.165) is 11.1 Å². The number of aliphatic hydroxyl groups excluding tert-OH is 2. The number of likely N-dealkylation sites (tertiary alicyclic amines) is 1. The summed E-state index contributed by atoms with van der Waals surface area (Å²) in [5.74, 6) is 5.79. The van der Waals surface area contributed by atoms with Gasteiger partial charge in [-0.25, -0.2) is 0 Å². The summed E-state index contributed by atoms with van der Waals surface area (Å²) in [6, 6.07) is 5.45. The van der Waals surface area contributed by atoms with Crippen molar-refractivity contribution in [2.75, 3.05) is 19.7 Å². The largest absolute Gasteiger partial charge is 0.395 e. The number of carbonyl (C=O) groups excluding carboxylic acids is 1. The van der Waals surface area contributed by atoms with Gasteiger partial charge in [0.2, 0.25) is 0 Å². The first kappa shape index (κ1) is 14.6. The molecule has 0 bridgehead atoms. The Morgan fingerprint density at radius 3 is 2.95 bits per heavy atom. The van der Waals surface area contributed by atoms with Crippen molar-refractivity contribution in [3.8, 4) is 11.8 Å². The second-order valence-corrected chi connectivity index (χ2v) is 5.00. The van der Waals surface area contributed by atoms with Crippen LogP contribution < -0.4 is 0 Å². The summed E-state index contributed by atoms with van der Waals surface area (Å²) in [5.41, 5.74) is 2.41. The van der Waals surface area contributed by atoms with E-state index in [2.05, 4.69) is 11.8 Å². The van der Waals surface area contributed by atoms with Crippen LogP contribution in [0.1, 0.15) is 34.3 Å². The average Bonchev–Trinajstić information content (AvgIpc) is 2.87. The van der Waals surface area contributed by atoms with Crippen molar-refractivity contribution in [3.05, 3.63) is 34.9 Å². The standard InChI is InChI=1S/C16H19NO3/c1-12-5-6-14(10-13(12)4-2-3-9-18)16(20)17-8-7-15(19)11-17/h5-6,10,15,18-19H,3,7-9,11H2,1H3. The second-order valence-electron chi connectivity index (χ2n) is 5.00. The molecule has 4 heteroatoms. The minimum absolute atomic E-state index is 0.0380. The molecule has 1 aliphatic heterocycles. The third kappa shape index (κ3) is 3.38. The zero-order valence-corrected chi connectivity index (χ0v) is 11.6. The van der Waals surface area contributed by atoms with Crippen molar-refractivity contribution in [3.63, 3.8) is 0 Å². The molecular weight excluding hydrogens is 254 g/mol. The number of amides is 1. The molecule has 20 heavy (non-hydrogen) atoms. The van der Waals surface area contributed by atoms with Gasteiger partial charge in [0, 0.05) is 30.6 Å². The van der Waals surface area contributed by atoms with Crippen molar-refractivity contribution in [2.24, 2.45) is 0 Å². The maximum Gasteiger partial charge on any atom is 0.253 e. The predicted octanol–water partition coefficient (Wildman–Crippen LogP) is 0.936. The van der Waals surface area contributed by atoms with E-state index in [1.165, 1.54) is 0 Å². The number of hydrogen-bond donors (Lipinski definition) is 2. The minimum Gasteiger partial charge on any atom is -0.395 e. The molecule has 2 rings (SSSR count). The molecule has 0 saturated carbocycles. The smallest absolute Gasteiger partial charge is 0.253 e. The lowest BCUT2D eigenvalue weighted by molar-refractivity contribution is 0.0765. The van der Waals surface area contributed by atoms with Crippen LogP contribution >= 0.6 is 0 Å². The molecule has 106 valence electrons. The number of carbonyl (C=O) groups is 1. The Morgan fingerprint density at radius 2 is 2.30 bits per heavy atom. The first-order chi connectivity index (χ1) is 9.61. The second kappa shape index (κ2) is 6.56. The van der Waals surface area contributed by atoms with Crippen LogP contribution in [-0.4, -0.2) is 46.8 Å². The van der Waals surface area contributed by atoms with Gasteiger partial charge < -0.3 is 15.1 Å². The molecule has 2 N–H and O–H groups in total. The van der Waals surface area contributed by atoms with E-state index in [1.54, 1.807) is 17.0 Å². The van der Waals surface area contributed by atoms with Gasteiger partial charge >= 0.3 is 0 Å². The van der Waals surface area contributed by atoms with Crippen molar-refractivity contribution >= 4 is 5.91 Å². The third-order valence-corrected chi connectivity index (χ3v) is 3.39. The van der Waals surface area contributed by atoms with E-state index < -0.39 is 6.10 Å². The maximum atomic E-state index is 12.3. The molecule has 1 aliphatic rings. The van der Waals surface area contributed by atoms with Crippen LogP contribution in [-0.2, 0) is 0 Å². The zero-order chi connectivity index (χ0) is 14.5. The third-order valence-electron chi connectivity index (χ3n) is 3.39. The molecule has 1 aromatic carbocycles. The van der Waals surface area contributed by atoms with E-state index in [-0.39, 0.29) is 12.5 Å². The van der Waals surface area contributed by atoms with E-state index in [4.69, 9.17) is 5.11 Å². The molecule has 1 saturated heterocycles. The number of aryl methyl sites for hydroxylation is 1. The first-order valence-electron chi connectivity index (χ1n) is 6.79. The Morgan fingerprint density at radius 1 is 1.50 bits per heavy atom. The number of aliphatic hydroxyl groups is 2. The maximum absolute atomic E-state index is 12.3. The molecule has 1 aromatic rings. The van der Waals surface area contributed by atoms with Crippen LogP contribution in [0.15, 0.2) is 18.2 Å². The van der Waals surface area contributed by atoms with Crippen LogP contribution in [0.25, 0.3) is 0 Å². The normalized spacial score (nSPS) is 17.8. The fourth-order valence-corrected chi connectivity index (χ4v) is 2.21. The van der Waals surface area contributed by atoms with E-state index in [0.29, 0.717) is 31.5 Å². The fourth-order valence-electron chi connectivity index (χ4n) is 2.21. The average molecular weight is 273 g/mol. The Bertz CT molecular complexity index is 557. The highest BCUT2D eigenvalue weighted by Gasteiger charge is 2.25. The number of benzene rings is 1. The Labute approximate surface area is 119 Å². The summed E-state index contributed by atoms with van der Waals surface area (Å²) >= 11 is 0. The summed E-state index contributed by atoms with van der Waals surface area (Å²) < 4.78 is 0. The van der Waals surface area contributed by atoms with E-state index in [1.807, 2.05) is 13.0 Å². The van der Waals surface area contributed by atoms with Crippen molar-refractivity contribution in [1.82, 2.24) is 4.90 Å². The van der Waals surface area contributed by atoms with E-state index in [9.17, 15) is 9.90 Å². The van der Waals surface area contributed by atoms with Gasteiger partial charge in [0.1, 0.15) is 0 Å². The zero-order valence-electron chi connectivity index (χ0n) is 11.6. The van der Waals surface area contributed by atoms with Gasteiger partial charge in [-0.3, -0.25) is 4.79 Å². The van der Waals surface area contributed by atoms with Crippen LogP contribution in [0.5, 0.6) is 0 Å². The predicted molar refractivity (Wildman–Crippen MR) is 76.3 cm³/mol. The lowest BCUT2D eigenvalue weighted by Gasteiger charge is -2.16. The number of rotatable bonds is 2.